The standard InChI is InChI=1S/C12H13ClN2O/c13-11(7-2-1-3-7)8-4-5-9-10(6-8)15-12(16)14-9/h4-7,11H,1-3H2,(H2,14,15,16). The Bertz CT molecular complexity index is 568. The van der Waals surface area contributed by atoms with E-state index in [1.165, 1.54) is 19.3 Å². The van der Waals surface area contributed by atoms with Crippen LogP contribution in [-0.2, 0) is 0 Å². The summed E-state index contributed by atoms with van der Waals surface area (Å²) in [6, 6.07) is 5.89. The van der Waals surface area contributed by atoms with E-state index in [-0.39, 0.29) is 11.1 Å². The van der Waals surface area contributed by atoms with Crippen molar-refractivity contribution in [2.45, 2.75) is 24.6 Å². The van der Waals surface area contributed by atoms with E-state index in [9.17, 15) is 4.79 Å². The molecule has 3 nitrogen and oxygen atoms in total. The SMILES string of the molecule is O=c1[nH]c2ccc(C(Cl)C3CCC3)cc2[nH]1. The average molecular weight is 237 g/mol. The third-order valence-corrected chi connectivity index (χ3v) is 4.03. The molecule has 1 aliphatic carbocycles. The predicted octanol–water partition coefficient (Wildman–Crippen LogP) is 2.94. The Morgan fingerprint density at radius 3 is 2.69 bits per heavy atom. The molecule has 1 aromatic heterocycles. The highest BCUT2D eigenvalue weighted by molar-refractivity contribution is 6.21. The van der Waals surface area contributed by atoms with Gasteiger partial charge in [-0.2, -0.15) is 0 Å². The molecule has 2 N–H and O–H groups in total. The van der Waals surface area contributed by atoms with Crippen molar-refractivity contribution in [2.75, 3.05) is 0 Å². The van der Waals surface area contributed by atoms with Gasteiger partial charge in [0, 0.05) is 0 Å². The summed E-state index contributed by atoms with van der Waals surface area (Å²) in [5.74, 6) is 0.602. The molecule has 0 amide bonds. The van der Waals surface area contributed by atoms with Crippen LogP contribution < -0.4 is 5.69 Å². The first-order valence-electron chi connectivity index (χ1n) is 5.60. The molecular weight excluding hydrogens is 224 g/mol. The van der Waals surface area contributed by atoms with Crippen LogP contribution in [0.5, 0.6) is 0 Å². The molecular formula is C12H13ClN2O. The molecule has 84 valence electrons. The van der Waals surface area contributed by atoms with Crippen molar-refractivity contribution in [3.8, 4) is 0 Å². The first-order valence-corrected chi connectivity index (χ1v) is 6.04. The summed E-state index contributed by atoms with van der Waals surface area (Å²) >= 11 is 6.41. The maximum atomic E-state index is 11.1. The zero-order valence-electron chi connectivity index (χ0n) is 8.79. The molecule has 2 aromatic rings. The quantitative estimate of drug-likeness (QED) is 0.774. The van der Waals surface area contributed by atoms with Gasteiger partial charge in [0.25, 0.3) is 0 Å². The highest BCUT2D eigenvalue weighted by Gasteiger charge is 2.26. The monoisotopic (exact) mass is 236 g/mol. The lowest BCUT2D eigenvalue weighted by atomic mass is 9.80. The number of alkyl halides is 1. The van der Waals surface area contributed by atoms with Crippen LogP contribution in [0.2, 0.25) is 0 Å². The number of fused-ring (bicyclic) bond motifs is 1. The minimum Gasteiger partial charge on any atom is -0.306 e. The lowest BCUT2D eigenvalue weighted by molar-refractivity contribution is 0.305. The molecule has 3 rings (SSSR count). The van der Waals surface area contributed by atoms with E-state index in [1.807, 2.05) is 18.2 Å². The molecule has 1 fully saturated rings. The van der Waals surface area contributed by atoms with Crippen molar-refractivity contribution in [3.63, 3.8) is 0 Å². The zero-order chi connectivity index (χ0) is 11.1. The molecule has 0 bridgehead atoms. The third kappa shape index (κ3) is 1.55. The molecule has 1 saturated carbocycles. The number of H-pyrrole nitrogens is 2. The number of imidazole rings is 1. The number of halogens is 1. The topological polar surface area (TPSA) is 48.6 Å². The van der Waals surface area contributed by atoms with Crippen molar-refractivity contribution in [1.29, 1.82) is 0 Å². The molecule has 16 heavy (non-hydrogen) atoms. The fourth-order valence-electron chi connectivity index (χ4n) is 2.23. The van der Waals surface area contributed by atoms with Crippen LogP contribution in [-0.4, -0.2) is 9.97 Å². The van der Waals surface area contributed by atoms with Gasteiger partial charge in [0.2, 0.25) is 0 Å². The van der Waals surface area contributed by atoms with E-state index in [2.05, 4.69) is 9.97 Å². The molecule has 4 heteroatoms. The van der Waals surface area contributed by atoms with Gasteiger partial charge >= 0.3 is 5.69 Å². The van der Waals surface area contributed by atoms with E-state index in [0.29, 0.717) is 5.92 Å². The van der Waals surface area contributed by atoms with Crippen LogP contribution >= 0.6 is 11.6 Å². The van der Waals surface area contributed by atoms with E-state index in [4.69, 9.17) is 11.6 Å². The largest absolute Gasteiger partial charge is 0.323 e. The molecule has 0 spiro atoms. The van der Waals surface area contributed by atoms with E-state index >= 15 is 0 Å². The highest BCUT2D eigenvalue weighted by atomic mass is 35.5. The third-order valence-electron chi connectivity index (χ3n) is 3.42. The minimum atomic E-state index is -0.165. The normalized spacial score (nSPS) is 18.6. The smallest absolute Gasteiger partial charge is 0.306 e. The fraction of sp³-hybridized carbons (Fsp3) is 0.417. The molecule has 1 aliphatic rings. The van der Waals surface area contributed by atoms with Crippen LogP contribution in [0.1, 0.15) is 30.2 Å². The minimum absolute atomic E-state index is 0.0801. The van der Waals surface area contributed by atoms with Crippen LogP contribution in [0.3, 0.4) is 0 Å². The van der Waals surface area contributed by atoms with Crippen LogP contribution in [0.4, 0.5) is 0 Å². The van der Waals surface area contributed by atoms with Gasteiger partial charge in [-0.05, 0) is 36.5 Å². The Balaban J connectivity index is 2.00. The zero-order valence-corrected chi connectivity index (χ0v) is 9.55. The van der Waals surface area contributed by atoms with Crippen molar-refractivity contribution >= 4 is 22.6 Å². The first kappa shape index (κ1) is 9.97. The van der Waals surface area contributed by atoms with Gasteiger partial charge in [-0.15, -0.1) is 11.6 Å². The molecule has 1 unspecified atom stereocenters. The van der Waals surface area contributed by atoms with Gasteiger partial charge in [0.05, 0.1) is 16.4 Å². The Labute approximate surface area is 97.8 Å². The van der Waals surface area contributed by atoms with Gasteiger partial charge < -0.3 is 9.97 Å². The highest BCUT2D eigenvalue weighted by Crippen LogP contribution is 2.42. The fourth-order valence-corrected chi connectivity index (χ4v) is 2.61. The maximum Gasteiger partial charge on any atom is 0.323 e. The maximum absolute atomic E-state index is 11.1. The number of benzene rings is 1. The van der Waals surface area contributed by atoms with E-state index in [1.54, 1.807) is 0 Å². The summed E-state index contributed by atoms with van der Waals surface area (Å²) in [4.78, 5) is 16.6. The summed E-state index contributed by atoms with van der Waals surface area (Å²) < 4.78 is 0. The molecule has 0 radical (unpaired) electrons. The number of hydrogen-bond acceptors (Lipinski definition) is 1. The van der Waals surface area contributed by atoms with Crippen LogP contribution in [0.15, 0.2) is 23.0 Å². The lowest BCUT2D eigenvalue weighted by Crippen LogP contribution is -2.16. The van der Waals surface area contributed by atoms with Crippen molar-refractivity contribution in [2.24, 2.45) is 5.92 Å². The summed E-state index contributed by atoms with van der Waals surface area (Å²) in [6.07, 6.45) is 3.73. The van der Waals surface area contributed by atoms with Crippen LogP contribution in [0, 0.1) is 5.92 Å². The van der Waals surface area contributed by atoms with Crippen molar-refractivity contribution < 1.29 is 0 Å². The average Bonchev–Trinajstić information content (AvgIpc) is 2.53. The predicted molar refractivity (Wildman–Crippen MR) is 64.9 cm³/mol. The van der Waals surface area contributed by atoms with E-state index in [0.717, 1.165) is 16.6 Å². The first-order chi connectivity index (χ1) is 7.74. The number of hydrogen-bond donors (Lipinski definition) is 2. The summed E-state index contributed by atoms with van der Waals surface area (Å²) in [7, 11) is 0. The molecule has 0 aliphatic heterocycles. The second-order valence-corrected chi connectivity index (χ2v) is 4.95. The summed E-state index contributed by atoms with van der Waals surface area (Å²) in [5.41, 5.74) is 2.62. The van der Waals surface area contributed by atoms with Gasteiger partial charge in [-0.25, -0.2) is 4.79 Å². The van der Waals surface area contributed by atoms with Crippen molar-refractivity contribution in [3.05, 3.63) is 34.2 Å². The summed E-state index contributed by atoms with van der Waals surface area (Å²) in [6.45, 7) is 0. The molecule has 1 atom stereocenters. The van der Waals surface area contributed by atoms with E-state index < -0.39 is 0 Å². The van der Waals surface area contributed by atoms with Crippen molar-refractivity contribution in [1.82, 2.24) is 9.97 Å². The number of aromatic amines is 2. The molecule has 1 heterocycles. The lowest BCUT2D eigenvalue weighted by Gasteiger charge is -2.30. The molecule has 0 saturated heterocycles. The Hall–Kier alpha value is -1.22. The van der Waals surface area contributed by atoms with Gasteiger partial charge in [0.15, 0.2) is 0 Å². The molecule has 1 aromatic carbocycles. The number of aromatic nitrogens is 2. The van der Waals surface area contributed by atoms with Gasteiger partial charge in [0.1, 0.15) is 0 Å². The number of rotatable bonds is 2. The Morgan fingerprint density at radius 2 is 2.00 bits per heavy atom. The Morgan fingerprint density at radius 1 is 1.25 bits per heavy atom. The second-order valence-electron chi connectivity index (χ2n) is 4.48. The number of nitrogens with one attached hydrogen (secondary N) is 2. The Kier molecular flexibility index (Phi) is 2.28. The second kappa shape index (κ2) is 3.67. The van der Waals surface area contributed by atoms with Gasteiger partial charge in [-0.3, -0.25) is 0 Å². The summed E-state index contributed by atoms with van der Waals surface area (Å²) in [5, 5.41) is 0.0801. The van der Waals surface area contributed by atoms with Crippen LogP contribution in [0.25, 0.3) is 11.0 Å². The van der Waals surface area contributed by atoms with Gasteiger partial charge in [-0.1, -0.05) is 12.5 Å².